The van der Waals surface area contributed by atoms with Gasteiger partial charge in [-0.1, -0.05) is 52.0 Å². The number of hydrogen-bond acceptors (Lipinski definition) is 6. The van der Waals surface area contributed by atoms with Gasteiger partial charge in [-0.05, 0) is 29.4 Å². The molecule has 0 bridgehead atoms. The highest BCUT2D eigenvalue weighted by Crippen LogP contribution is 2.31. The van der Waals surface area contributed by atoms with Gasteiger partial charge in [0.1, 0.15) is 0 Å². The van der Waals surface area contributed by atoms with E-state index < -0.39 is 23.6 Å². The van der Waals surface area contributed by atoms with Crippen LogP contribution in [0.25, 0.3) is 10.4 Å². The normalized spacial score (nSPS) is 21.2. The first-order valence-corrected chi connectivity index (χ1v) is 11.6. The molecular formula is C24H33N3O3S. The molecule has 168 valence electrons. The first kappa shape index (κ1) is 23.6. The van der Waals surface area contributed by atoms with Gasteiger partial charge in [0.15, 0.2) is 5.78 Å². The predicted molar refractivity (Wildman–Crippen MR) is 124 cm³/mol. The molecule has 4 atom stereocenters. The highest BCUT2D eigenvalue weighted by molar-refractivity contribution is 7.13. The minimum Gasteiger partial charge on any atom is -0.391 e. The van der Waals surface area contributed by atoms with E-state index in [4.69, 9.17) is 5.73 Å². The first-order chi connectivity index (χ1) is 14.5. The second-order valence-corrected chi connectivity index (χ2v) is 10.6. The number of amides is 1. The standard InChI is InChI=1S/C24H33N3O3S/c1-14(16-6-8-17(9-7-16)21-15(2)26-13-31-21)10-20(29)19-11-18(28)12-27(19)23(30)22(25)24(3,4)5/h6-9,13-14,18-19,22,28H,10-12,25H2,1-5H3/t14-,18+,19-,22+/m1/s1. The van der Waals surface area contributed by atoms with Crippen LogP contribution in [-0.4, -0.2) is 51.4 Å². The number of β-amino-alcohol motifs (C(OH)–C–C–N with tert-alkyl or cyclic N) is 1. The van der Waals surface area contributed by atoms with Gasteiger partial charge < -0.3 is 15.7 Å². The number of hydrogen-bond donors (Lipinski definition) is 2. The van der Waals surface area contributed by atoms with Crippen molar-refractivity contribution >= 4 is 23.0 Å². The summed E-state index contributed by atoms with van der Waals surface area (Å²) in [5.41, 5.74) is 10.8. The molecule has 6 nitrogen and oxygen atoms in total. The molecule has 0 radical (unpaired) electrons. The van der Waals surface area contributed by atoms with E-state index in [1.54, 1.807) is 11.3 Å². The third-order valence-corrected chi connectivity index (χ3v) is 7.11. The average molecular weight is 444 g/mol. The number of aryl methyl sites for hydroxylation is 1. The number of benzene rings is 1. The Morgan fingerprint density at radius 2 is 1.94 bits per heavy atom. The van der Waals surface area contributed by atoms with Crippen LogP contribution in [0.4, 0.5) is 0 Å². The molecule has 0 spiro atoms. The van der Waals surface area contributed by atoms with Crippen molar-refractivity contribution in [2.75, 3.05) is 6.54 Å². The summed E-state index contributed by atoms with van der Waals surface area (Å²) in [6.45, 7) is 9.88. The number of rotatable bonds is 6. The van der Waals surface area contributed by atoms with Crippen LogP contribution in [0, 0.1) is 12.3 Å². The van der Waals surface area contributed by atoms with Crippen LogP contribution in [0.3, 0.4) is 0 Å². The number of aliphatic hydroxyl groups excluding tert-OH is 1. The zero-order chi connectivity index (χ0) is 22.9. The Kier molecular flexibility index (Phi) is 6.98. The lowest BCUT2D eigenvalue weighted by atomic mass is 9.86. The molecule has 31 heavy (non-hydrogen) atoms. The summed E-state index contributed by atoms with van der Waals surface area (Å²) in [5, 5.41) is 10.2. The molecule has 0 unspecified atom stereocenters. The van der Waals surface area contributed by atoms with Crippen molar-refractivity contribution in [2.45, 2.75) is 71.6 Å². The van der Waals surface area contributed by atoms with Gasteiger partial charge in [0.25, 0.3) is 0 Å². The fraction of sp³-hybridized carbons (Fsp3) is 0.542. The van der Waals surface area contributed by atoms with Gasteiger partial charge in [-0.15, -0.1) is 11.3 Å². The summed E-state index contributed by atoms with van der Waals surface area (Å²) < 4.78 is 0. The molecule has 0 aliphatic carbocycles. The Hall–Kier alpha value is -2.09. The minimum absolute atomic E-state index is 0.00934. The van der Waals surface area contributed by atoms with Crippen molar-refractivity contribution in [1.82, 2.24) is 9.88 Å². The van der Waals surface area contributed by atoms with Crippen molar-refractivity contribution in [2.24, 2.45) is 11.1 Å². The van der Waals surface area contributed by atoms with E-state index in [9.17, 15) is 14.7 Å². The van der Waals surface area contributed by atoms with Crippen LogP contribution in [0.2, 0.25) is 0 Å². The summed E-state index contributed by atoms with van der Waals surface area (Å²) in [5.74, 6) is -0.282. The summed E-state index contributed by atoms with van der Waals surface area (Å²) >= 11 is 1.61. The fourth-order valence-corrected chi connectivity index (χ4v) is 4.82. The van der Waals surface area contributed by atoms with Crippen LogP contribution in [0.5, 0.6) is 0 Å². The number of ketones is 1. The van der Waals surface area contributed by atoms with Gasteiger partial charge in [-0.25, -0.2) is 4.98 Å². The van der Waals surface area contributed by atoms with Gasteiger partial charge in [0, 0.05) is 19.4 Å². The zero-order valence-corrected chi connectivity index (χ0v) is 19.8. The molecule has 1 saturated heterocycles. The lowest BCUT2D eigenvalue weighted by Crippen LogP contribution is -2.53. The maximum absolute atomic E-state index is 13.1. The van der Waals surface area contributed by atoms with Gasteiger partial charge in [0.05, 0.1) is 34.3 Å². The number of likely N-dealkylation sites (tertiary alicyclic amines) is 1. The maximum atomic E-state index is 13.1. The zero-order valence-electron chi connectivity index (χ0n) is 19.0. The Bertz CT molecular complexity index is 932. The summed E-state index contributed by atoms with van der Waals surface area (Å²) in [7, 11) is 0. The van der Waals surface area contributed by atoms with Crippen LogP contribution >= 0.6 is 11.3 Å². The molecule has 1 aliphatic heterocycles. The van der Waals surface area contributed by atoms with Gasteiger partial charge in [-0.2, -0.15) is 0 Å². The number of carbonyl (C=O) groups excluding carboxylic acids is 2. The van der Waals surface area contributed by atoms with E-state index in [1.807, 2.05) is 52.3 Å². The Morgan fingerprint density at radius 3 is 2.48 bits per heavy atom. The number of Topliss-reactive ketones (excluding diaryl/α,β-unsaturated/α-hetero) is 1. The minimum atomic E-state index is -0.715. The van der Waals surface area contributed by atoms with E-state index in [1.165, 1.54) is 4.90 Å². The summed E-state index contributed by atoms with van der Waals surface area (Å²) in [6, 6.07) is 6.90. The third-order valence-electron chi connectivity index (χ3n) is 6.13. The maximum Gasteiger partial charge on any atom is 0.240 e. The number of nitrogens with zero attached hydrogens (tertiary/aromatic N) is 2. The largest absolute Gasteiger partial charge is 0.391 e. The highest BCUT2D eigenvalue weighted by Gasteiger charge is 2.42. The van der Waals surface area contributed by atoms with Crippen molar-refractivity contribution in [3.63, 3.8) is 0 Å². The lowest BCUT2D eigenvalue weighted by Gasteiger charge is -2.32. The number of nitrogens with two attached hydrogens (primary N) is 1. The fourth-order valence-electron chi connectivity index (χ4n) is 4.01. The van der Waals surface area contributed by atoms with E-state index in [2.05, 4.69) is 17.1 Å². The molecule has 1 fully saturated rings. The smallest absolute Gasteiger partial charge is 0.240 e. The van der Waals surface area contributed by atoms with E-state index in [0.29, 0.717) is 6.42 Å². The van der Waals surface area contributed by atoms with Crippen LogP contribution in [0.15, 0.2) is 29.8 Å². The highest BCUT2D eigenvalue weighted by atomic mass is 32.1. The molecular weight excluding hydrogens is 410 g/mol. The van der Waals surface area contributed by atoms with E-state index in [0.717, 1.165) is 21.7 Å². The topological polar surface area (TPSA) is 96.5 Å². The van der Waals surface area contributed by atoms with Crippen molar-refractivity contribution in [1.29, 1.82) is 0 Å². The molecule has 2 heterocycles. The molecule has 0 saturated carbocycles. The summed E-state index contributed by atoms with van der Waals surface area (Å²) in [6.07, 6.45) is -0.106. The van der Waals surface area contributed by atoms with Crippen molar-refractivity contribution in [3.8, 4) is 10.4 Å². The third kappa shape index (κ3) is 5.22. The Morgan fingerprint density at radius 1 is 1.29 bits per heavy atom. The molecule has 2 aromatic rings. The Labute approximate surface area is 188 Å². The Balaban J connectivity index is 1.69. The SMILES string of the molecule is Cc1ncsc1-c1ccc([C@H](C)CC(=O)[C@H]2C[C@H](O)CN2C(=O)[C@H](N)C(C)(C)C)cc1. The molecule has 7 heteroatoms. The second kappa shape index (κ2) is 9.18. The number of aromatic nitrogens is 1. The molecule has 1 aromatic carbocycles. The molecule has 3 rings (SSSR count). The lowest BCUT2D eigenvalue weighted by molar-refractivity contribution is -0.140. The van der Waals surface area contributed by atoms with E-state index in [-0.39, 0.29) is 30.6 Å². The van der Waals surface area contributed by atoms with Gasteiger partial charge in [0.2, 0.25) is 5.91 Å². The van der Waals surface area contributed by atoms with Crippen LogP contribution in [-0.2, 0) is 9.59 Å². The van der Waals surface area contributed by atoms with Gasteiger partial charge >= 0.3 is 0 Å². The second-order valence-electron chi connectivity index (χ2n) is 9.70. The molecule has 1 amide bonds. The predicted octanol–water partition coefficient (Wildman–Crippen LogP) is 3.52. The van der Waals surface area contributed by atoms with Gasteiger partial charge in [-0.3, -0.25) is 9.59 Å². The number of thiazole rings is 1. The van der Waals surface area contributed by atoms with Crippen molar-refractivity contribution in [3.05, 3.63) is 41.0 Å². The molecule has 1 aliphatic rings. The van der Waals surface area contributed by atoms with Crippen LogP contribution in [0.1, 0.15) is 57.7 Å². The van der Waals surface area contributed by atoms with Crippen molar-refractivity contribution < 1.29 is 14.7 Å². The summed E-state index contributed by atoms with van der Waals surface area (Å²) in [4.78, 5) is 33.0. The monoisotopic (exact) mass is 443 g/mol. The average Bonchev–Trinajstić information content (AvgIpc) is 3.31. The van der Waals surface area contributed by atoms with E-state index >= 15 is 0 Å². The number of carbonyl (C=O) groups is 2. The molecule has 1 aromatic heterocycles. The quantitative estimate of drug-likeness (QED) is 0.712. The number of aliphatic hydroxyl groups is 1. The first-order valence-electron chi connectivity index (χ1n) is 10.8. The molecule has 3 N–H and O–H groups in total. The van der Waals surface area contributed by atoms with Crippen LogP contribution < -0.4 is 5.73 Å².